The van der Waals surface area contributed by atoms with Crippen molar-refractivity contribution in [2.45, 2.75) is 13.5 Å². The van der Waals surface area contributed by atoms with Crippen molar-refractivity contribution in [1.82, 2.24) is 14.8 Å². The third kappa shape index (κ3) is 1.69. The Morgan fingerprint density at radius 3 is 2.87 bits per heavy atom. The topological polar surface area (TPSA) is 82.8 Å². The molecule has 0 aliphatic rings. The minimum atomic E-state index is 0.433. The van der Waals surface area contributed by atoms with E-state index in [2.05, 4.69) is 10.1 Å². The lowest BCUT2D eigenvalue weighted by atomic mass is 10.2. The Labute approximate surface area is 87.7 Å². The SMILES string of the molecule is Cc1cc(N)nn1-c1ncccc1CN. The molecule has 0 spiro atoms. The van der Waals surface area contributed by atoms with Crippen LogP contribution in [-0.2, 0) is 6.54 Å². The van der Waals surface area contributed by atoms with Crippen LogP contribution in [0.2, 0.25) is 0 Å². The van der Waals surface area contributed by atoms with Crippen LogP contribution in [-0.4, -0.2) is 14.8 Å². The second kappa shape index (κ2) is 3.70. The van der Waals surface area contributed by atoms with Gasteiger partial charge in [-0.3, -0.25) is 0 Å². The molecule has 2 heterocycles. The summed E-state index contributed by atoms with van der Waals surface area (Å²) in [5, 5.41) is 4.17. The number of pyridine rings is 1. The van der Waals surface area contributed by atoms with Crippen molar-refractivity contribution >= 4 is 5.82 Å². The molecule has 4 N–H and O–H groups in total. The molecule has 0 amide bonds. The molecule has 0 fully saturated rings. The summed E-state index contributed by atoms with van der Waals surface area (Å²) < 4.78 is 1.71. The molecule has 0 aromatic carbocycles. The lowest BCUT2D eigenvalue weighted by molar-refractivity contribution is 0.802. The third-order valence-electron chi connectivity index (χ3n) is 2.19. The first-order valence-corrected chi connectivity index (χ1v) is 4.69. The van der Waals surface area contributed by atoms with Gasteiger partial charge in [0.1, 0.15) is 5.82 Å². The summed E-state index contributed by atoms with van der Waals surface area (Å²) in [5.41, 5.74) is 13.1. The zero-order chi connectivity index (χ0) is 10.8. The van der Waals surface area contributed by atoms with E-state index < -0.39 is 0 Å². The Morgan fingerprint density at radius 2 is 2.27 bits per heavy atom. The van der Waals surface area contributed by atoms with E-state index in [1.54, 1.807) is 16.9 Å². The smallest absolute Gasteiger partial charge is 0.158 e. The molecular weight excluding hydrogens is 190 g/mol. The maximum Gasteiger partial charge on any atom is 0.158 e. The second-order valence-electron chi connectivity index (χ2n) is 3.31. The normalized spacial score (nSPS) is 10.5. The van der Waals surface area contributed by atoms with E-state index >= 15 is 0 Å². The lowest BCUT2D eigenvalue weighted by Crippen LogP contribution is -2.09. The molecule has 0 bridgehead atoms. The molecule has 2 aromatic rings. The van der Waals surface area contributed by atoms with Crippen LogP contribution in [0.4, 0.5) is 5.82 Å². The van der Waals surface area contributed by atoms with Crippen LogP contribution in [0.25, 0.3) is 5.82 Å². The van der Waals surface area contributed by atoms with Crippen LogP contribution in [0.3, 0.4) is 0 Å². The first kappa shape index (κ1) is 9.67. The van der Waals surface area contributed by atoms with E-state index in [0.717, 1.165) is 17.1 Å². The predicted octanol–water partition coefficient (Wildman–Crippen LogP) is 0.617. The summed E-state index contributed by atoms with van der Waals surface area (Å²) in [5.74, 6) is 1.23. The average molecular weight is 203 g/mol. The van der Waals surface area contributed by atoms with E-state index in [4.69, 9.17) is 11.5 Å². The average Bonchev–Trinajstić information content (AvgIpc) is 2.57. The summed E-state index contributed by atoms with van der Waals surface area (Å²) in [6.07, 6.45) is 1.71. The molecule has 0 unspecified atom stereocenters. The maximum absolute atomic E-state index is 5.63. The lowest BCUT2D eigenvalue weighted by Gasteiger charge is -2.07. The molecule has 0 radical (unpaired) electrons. The number of rotatable bonds is 2. The van der Waals surface area contributed by atoms with Crippen molar-refractivity contribution in [2.75, 3.05) is 5.73 Å². The number of nitrogens with two attached hydrogens (primary N) is 2. The van der Waals surface area contributed by atoms with Gasteiger partial charge in [-0.15, -0.1) is 5.10 Å². The predicted molar refractivity (Wildman–Crippen MR) is 58.4 cm³/mol. The van der Waals surface area contributed by atoms with E-state index in [1.165, 1.54) is 0 Å². The largest absolute Gasteiger partial charge is 0.382 e. The number of hydrogen-bond donors (Lipinski definition) is 2. The van der Waals surface area contributed by atoms with Crippen molar-refractivity contribution in [3.8, 4) is 5.82 Å². The summed E-state index contributed by atoms with van der Waals surface area (Å²) in [4.78, 5) is 4.26. The molecule has 0 saturated heterocycles. The highest BCUT2D eigenvalue weighted by Crippen LogP contribution is 2.14. The van der Waals surface area contributed by atoms with Crippen molar-refractivity contribution in [2.24, 2.45) is 5.73 Å². The third-order valence-corrected chi connectivity index (χ3v) is 2.19. The first-order chi connectivity index (χ1) is 7.22. The molecule has 2 rings (SSSR count). The number of aryl methyl sites for hydroxylation is 1. The zero-order valence-corrected chi connectivity index (χ0v) is 8.51. The summed E-state index contributed by atoms with van der Waals surface area (Å²) >= 11 is 0. The van der Waals surface area contributed by atoms with Crippen LogP contribution >= 0.6 is 0 Å². The van der Waals surface area contributed by atoms with Crippen molar-refractivity contribution in [3.63, 3.8) is 0 Å². The number of nitrogen functional groups attached to an aromatic ring is 1. The standard InChI is InChI=1S/C10H13N5/c1-7-5-9(12)14-15(7)10-8(6-11)3-2-4-13-10/h2-5H,6,11H2,1H3,(H2,12,14). The Morgan fingerprint density at radius 1 is 1.47 bits per heavy atom. The van der Waals surface area contributed by atoms with Gasteiger partial charge in [0.15, 0.2) is 5.82 Å². The van der Waals surface area contributed by atoms with Gasteiger partial charge < -0.3 is 11.5 Å². The van der Waals surface area contributed by atoms with Crippen LogP contribution in [0.5, 0.6) is 0 Å². The van der Waals surface area contributed by atoms with Crippen LogP contribution < -0.4 is 11.5 Å². The van der Waals surface area contributed by atoms with Gasteiger partial charge in [0.05, 0.1) is 0 Å². The Kier molecular flexibility index (Phi) is 2.39. The van der Waals surface area contributed by atoms with Gasteiger partial charge in [-0.1, -0.05) is 6.07 Å². The fraction of sp³-hybridized carbons (Fsp3) is 0.200. The monoisotopic (exact) mass is 203 g/mol. The van der Waals surface area contributed by atoms with E-state index in [-0.39, 0.29) is 0 Å². The molecule has 2 aromatic heterocycles. The van der Waals surface area contributed by atoms with Crippen molar-refractivity contribution in [1.29, 1.82) is 0 Å². The Balaban J connectivity index is 2.58. The minimum Gasteiger partial charge on any atom is -0.382 e. The Bertz CT molecular complexity index is 474. The van der Waals surface area contributed by atoms with Gasteiger partial charge >= 0.3 is 0 Å². The van der Waals surface area contributed by atoms with Gasteiger partial charge in [0.25, 0.3) is 0 Å². The van der Waals surface area contributed by atoms with Gasteiger partial charge in [-0.2, -0.15) is 0 Å². The fourth-order valence-electron chi connectivity index (χ4n) is 1.49. The van der Waals surface area contributed by atoms with Crippen LogP contribution in [0.15, 0.2) is 24.4 Å². The molecular formula is C10H13N5. The van der Waals surface area contributed by atoms with Gasteiger partial charge in [-0.25, -0.2) is 9.67 Å². The molecule has 5 heteroatoms. The van der Waals surface area contributed by atoms with E-state index in [0.29, 0.717) is 12.4 Å². The maximum atomic E-state index is 5.63. The highest BCUT2D eigenvalue weighted by atomic mass is 15.3. The van der Waals surface area contributed by atoms with Crippen LogP contribution in [0.1, 0.15) is 11.3 Å². The summed E-state index contributed by atoms with van der Waals surface area (Å²) in [7, 11) is 0. The van der Waals surface area contributed by atoms with E-state index in [9.17, 15) is 0 Å². The van der Waals surface area contributed by atoms with E-state index in [1.807, 2.05) is 19.1 Å². The summed E-state index contributed by atoms with van der Waals surface area (Å²) in [6, 6.07) is 5.59. The second-order valence-corrected chi connectivity index (χ2v) is 3.31. The number of hydrogen-bond acceptors (Lipinski definition) is 4. The number of anilines is 1. The van der Waals surface area contributed by atoms with Crippen molar-refractivity contribution in [3.05, 3.63) is 35.7 Å². The van der Waals surface area contributed by atoms with Crippen LogP contribution in [0, 0.1) is 6.92 Å². The minimum absolute atomic E-state index is 0.433. The molecule has 0 saturated carbocycles. The molecule has 78 valence electrons. The summed E-state index contributed by atoms with van der Waals surface area (Å²) in [6.45, 7) is 2.36. The van der Waals surface area contributed by atoms with Crippen molar-refractivity contribution < 1.29 is 0 Å². The van der Waals surface area contributed by atoms with Gasteiger partial charge in [0.2, 0.25) is 0 Å². The number of aromatic nitrogens is 3. The molecule has 0 atom stereocenters. The van der Waals surface area contributed by atoms with Gasteiger partial charge in [-0.05, 0) is 13.0 Å². The first-order valence-electron chi connectivity index (χ1n) is 4.69. The molecule has 15 heavy (non-hydrogen) atoms. The number of nitrogens with zero attached hydrogens (tertiary/aromatic N) is 3. The molecule has 0 aliphatic heterocycles. The fourth-order valence-corrected chi connectivity index (χ4v) is 1.49. The Hall–Kier alpha value is -1.88. The molecule has 0 aliphatic carbocycles. The zero-order valence-electron chi connectivity index (χ0n) is 8.51. The highest BCUT2D eigenvalue weighted by Gasteiger charge is 2.08. The van der Waals surface area contributed by atoms with Gasteiger partial charge in [0, 0.05) is 30.1 Å². The highest BCUT2D eigenvalue weighted by molar-refractivity contribution is 5.39. The molecule has 5 nitrogen and oxygen atoms in total. The quantitative estimate of drug-likeness (QED) is 0.749.